The fraction of sp³-hybridized carbons (Fsp3) is 0.250. The SMILES string of the molecule is CN(C[C@H]1COc2ccccc2O1)C(=O)c1ccncc1. The lowest BCUT2D eigenvalue weighted by Crippen LogP contribution is -2.41. The summed E-state index contributed by atoms with van der Waals surface area (Å²) in [6, 6.07) is 10.9. The molecular weight excluding hydrogens is 268 g/mol. The molecule has 0 unspecified atom stereocenters. The molecular formula is C16H16N2O3. The van der Waals surface area contributed by atoms with Gasteiger partial charge >= 0.3 is 0 Å². The lowest BCUT2D eigenvalue weighted by Gasteiger charge is -2.29. The van der Waals surface area contributed by atoms with E-state index in [0.29, 0.717) is 18.7 Å². The molecule has 0 saturated heterocycles. The molecule has 0 bridgehead atoms. The van der Waals surface area contributed by atoms with Crippen LogP contribution in [0.5, 0.6) is 11.5 Å². The van der Waals surface area contributed by atoms with Crippen LogP contribution in [0.2, 0.25) is 0 Å². The fourth-order valence-electron chi connectivity index (χ4n) is 2.26. The van der Waals surface area contributed by atoms with E-state index in [-0.39, 0.29) is 12.0 Å². The topological polar surface area (TPSA) is 51.7 Å². The van der Waals surface area contributed by atoms with E-state index in [1.165, 1.54) is 0 Å². The minimum absolute atomic E-state index is 0.0557. The predicted octanol–water partition coefficient (Wildman–Crippen LogP) is 1.99. The number of hydrogen-bond donors (Lipinski definition) is 0. The average Bonchev–Trinajstić information content (AvgIpc) is 2.55. The van der Waals surface area contributed by atoms with E-state index in [1.54, 1.807) is 36.5 Å². The van der Waals surface area contributed by atoms with E-state index in [1.807, 2.05) is 24.3 Å². The van der Waals surface area contributed by atoms with Crippen molar-refractivity contribution >= 4 is 5.91 Å². The number of carbonyl (C=O) groups is 1. The second-order valence-electron chi connectivity index (χ2n) is 4.92. The van der Waals surface area contributed by atoms with Crippen LogP contribution in [-0.4, -0.2) is 42.1 Å². The smallest absolute Gasteiger partial charge is 0.253 e. The van der Waals surface area contributed by atoms with Gasteiger partial charge in [-0.25, -0.2) is 0 Å². The average molecular weight is 284 g/mol. The third kappa shape index (κ3) is 2.97. The molecule has 0 N–H and O–H groups in total. The summed E-state index contributed by atoms with van der Waals surface area (Å²) in [5.74, 6) is 1.41. The Morgan fingerprint density at radius 3 is 2.71 bits per heavy atom. The molecule has 0 radical (unpaired) electrons. The predicted molar refractivity (Wildman–Crippen MR) is 77.6 cm³/mol. The summed E-state index contributed by atoms with van der Waals surface area (Å²) >= 11 is 0. The molecule has 1 atom stereocenters. The van der Waals surface area contributed by atoms with Gasteiger partial charge in [-0.1, -0.05) is 12.1 Å². The normalized spacial score (nSPS) is 16.3. The van der Waals surface area contributed by atoms with Gasteiger partial charge in [0.1, 0.15) is 6.61 Å². The molecule has 1 aromatic carbocycles. The Hall–Kier alpha value is -2.56. The van der Waals surface area contributed by atoms with Gasteiger partial charge in [-0.15, -0.1) is 0 Å². The minimum Gasteiger partial charge on any atom is -0.486 e. The van der Waals surface area contributed by atoms with Crippen LogP contribution in [0.25, 0.3) is 0 Å². The molecule has 0 saturated carbocycles. The van der Waals surface area contributed by atoms with Crippen molar-refractivity contribution < 1.29 is 14.3 Å². The number of ether oxygens (including phenoxy) is 2. The molecule has 5 nitrogen and oxygen atoms in total. The number of rotatable bonds is 3. The zero-order valence-electron chi connectivity index (χ0n) is 11.7. The molecule has 1 aromatic heterocycles. The standard InChI is InChI=1S/C16H16N2O3/c1-18(16(19)12-6-8-17-9-7-12)10-13-11-20-14-4-2-3-5-15(14)21-13/h2-9,13H,10-11H2,1H3/t13-/m0/s1. The largest absolute Gasteiger partial charge is 0.486 e. The fourth-order valence-corrected chi connectivity index (χ4v) is 2.26. The monoisotopic (exact) mass is 284 g/mol. The summed E-state index contributed by atoms with van der Waals surface area (Å²) in [4.78, 5) is 17.8. The lowest BCUT2D eigenvalue weighted by atomic mass is 10.2. The van der Waals surface area contributed by atoms with Gasteiger partial charge in [-0.3, -0.25) is 9.78 Å². The highest BCUT2D eigenvalue weighted by Gasteiger charge is 2.24. The molecule has 108 valence electrons. The summed E-state index contributed by atoms with van der Waals surface area (Å²) in [5.41, 5.74) is 0.615. The number of hydrogen-bond acceptors (Lipinski definition) is 4. The van der Waals surface area contributed by atoms with Crippen molar-refractivity contribution in [3.8, 4) is 11.5 Å². The Morgan fingerprint density at radius 1 is 1.24 bits per heavy atom. The first-order valence-electron chi connectivity index (χ1n) is 6.78. The van der Waals surface area contributed by atoms with E-state index < -0.39 is 0 Å². The van der Waals surface area contributed by atoms with Crippen LogP contribution in [0.1, 0.15) is 10.4 Å². The van der Waals surface area contributed by atoms with Gasteiger partial charge in [0.05, 0.1) is 6.54 Å². The van der Waals surface area contributed by atoms with Crippen molar-refractivity contribution in [2.45, 2.75) is 6.10 Å². The molecule has 0 aliphatic carbocycles. The second-order valence-corrected chi connectivity index (χ2v) is 4.92. The Bertz CT molecular complexity index is 630. The maximum atomic E-state index is 12.3. The summed E-state index contributed by atoms with van der Waals surface area (Å²) < 4.78 is 11.5. The highest BCUT2D eigenvalue weighted by Crippen LogP contribution is 2.30. The number of amides is 1. The number of likely N-dealkylation sites (N-methyl/N-ethyl adjacent to an activating group) is 1. The first-order valence-corrected chi connectivity index (χ1v) is 6.78. The summed E-state index contributed by atoms with van der Waals surface area (Å²) in [7, 11) is 1.76. The van der Waals surface area contributed by atoms with Gasteiger partial charge < -0.3 is 14.4 Å². The van der Waals surface area contributed by atoms with Gasteiger partial charge in [0.15, 0.2) is 17.6 Å². The Morgan fingerprint density at radius 2 is 1.95 bits per heavy atom. The summed E-state index contributed by atoms with van der Waals surface area (Å²) in [6.45, 7) is 0.903. The molecule has 1 aliphatic rings. The van der Waals surface area contributed by atoms with E-state index in [4.69, 9.17) is 9.47 Å². The Kier molecular flexibility index (Phi) is 3.73. The van der Waals surface area contributed by atoms with Crippen LogP contribution < -0.4 is 9.47 Å². The molecule has 0 fully saturated rings. The second kappa shape index (κ2) is 5.83. The van der Waals surface area contributed by atoms with Crippen LogP contribution in [0.15, 0.2) is 48.8 Å². The molecule has 1 amide bonds. The molecule has 2 aromatic rings. The first-order chi connectivity index (χ1) is 10.2. The Labute approximate surface area is 123 Å². The van der Waals surface area contributed by atoms with Crippen LogP contribution >= 0.6 is 0 Å². The number of nitrogens with zero attached hydrogens (tertiary/aromatic N) is 2. The van der Waals surface area contributed by atoms with Gasteiger partial charge in [0.2, 0.25) is 0 Å². The summed E-state index contributed by atoms with van der Waals surface area (Å²) in [6.07, 6.45) is 3.05. The van der Waals surface area contributed by atoms with Gasteiger partial charge in [0.25, 0.3) is 5.91 Å². The van der Waals surface area contributed by atoms with Gasteiger partial charge in [0, 0.05) is 25.0 Å². The van der Waals surface area contributed by atoms with Crippen LogP contribution in [0, 0.1) is 0 Å². The minimum atomic E-state index is -0.171. The maximum absolute atomic E-state index is 12.3. The van der Waals surface area contributed by atoms with Crippen LogP contribution in [0.3, 0.4) is 0 Å². The van der Waals surface area contributed by atoms with Gasteiger partial charge in [-0.2, -0.15) is 0 Å². The highest BCUT2D eigenvalue weighted by atomic mass is 16.6. The molecule has 2 heterocycles. The van der Waals surface area contributed by atoms with Crippen molar-refractivity contribution in [3.05, 3.63) is 54.4 Å². The zero-order chi connectivity index (χ0) is 14.7. The zero-order valence-corrected chi connectivity index (χ0v) is 11.7. The number of aromatic nitrogens is 1. The number of carbonyl (C=O) groups excluding carboxylic acids is 1. The van der Waals surface area contributed by atoms with E-state index in [9.17, 15) is 4.79 Å². The molecule has 3 rings (SSSR count). The lowest BCUT2D eigenvalue weighted by molar-refractivity contribution is 0.0521. The van der Waals surface area contributed by atoms with Crippen molar-refractivity contribution in [2.24, 2.45) is 0 Å². The molecule has 21 heavy (non-hydrogen) atoms. The molecule has 5 heteroatoms. The quantitative estimate of drug-likeness (QED) is 0.865. The van der Waals surface area contributed by atoms with Gasteiger partial charge in [-0.05, 0) is 24.3 Å². The Balaban J connectivity index is 1.64. The van der Waals surface area contributed by atoms with Crippen molar-refractivity contribution in [1.29, 1.82) is 0 Å². The number of para-hydroxylation sites is 2. The number of fused-ring (bicyclic) bond motifs is 1. The maximum Gasteiger partial charge on any atom is 0.253 e. The number of benzene rings is 1. The molecule has 0 spiro atoms. The van der Waals surface area contributed by atoms with Crippen molar-refractivity contribution in [1.82, 2.24) is 9.88 Å². The summed E-state index contributed by atoms with van der Waals surface area (Å²) in [5, 5.41) is 0. The first kappa shape index (κ1) is 13.4. The van der Waals surface area contributed by atoms with Crippen molar-refractivity contribution in [3.63, 3.8) is 0 Å². The van der Waals surface area contributed by atoms with E-state index in [2.05, 4.69) is 4.98 Å². The van der Waals surface area contributed by atoms with Crippen LogP contribution in [0.4, 0.5) is 0 Å². The van der Waals surface area contributed by atoms with Crippen LogP contribution in [-0.2, 0) is 0 Å². The highest BCUT2D eigenvalue weighted by molar-refractivity contribution is 5.93. The third-order valence-corrected chi connectivity index (χ3v) is 3.32. The van der Waals surface area contributed by atoms with E-state index in [0.717, 1.165) is 11.5 Å². The third-order valence-electron chi connectivity index (χ3n) is 3.32. The number of pyridine rings is 1. The van der Waals surface area contributed by atoms with E-state index >= 15 is 0 Å². The molecule has 1 aliphatic heterocycles. The van der Waals surface area contributed by atoms with Crippen molar-refractivity contribution in [2.75, 3.05) is 20.2 Å².